The van der Waals surface area contributed by atoms with Crippen molar-refractivity contribution in [3.05, 3.63) is 0 Å². The van der Waals surface area contributed by atoms with Gasteiger partial charge in [-0.25, -0.2) is 0 Å². The summed E-state index contributed by atoms with van der Waals surface area (Å²) in [6.07, 6.45) is 5.25. The lowest BCUT2D eigenvalue weighted by molar-refractivity contribution is 0.207. The van der Waals surface area contributed by atoms with Gasteiger partial charge >= 0.3 is 7.60 Å². The van der Waals surface area contributed by atoms with Crippen molar-refractivity contribution in [2.45, 2.75) is 58.0 Å². The van der Waals surface area contributed by atoms with Crippen LogP contribution in [0, 0.1) is 0 Å². The van der Waals surface area contributed by atoms with Crippen molar-refractivity contribution >= 4 is 7.60 Å². The molecule has 3 nitrogen and oxygen atoms in total. The van der Waals surface area contributed by atoms with Gasteiger partial charge in [-0.3, -0.25) is 4.57 Å². The molecule has 0 spiro atoms. The third-order valence-electron chi connectivity index (χ3n) is 3.00. The highest BCUT2D eigenvalue weighted by Gasteiger charge is 2.59. The Kier molecular flexibility index (Phi) is 4.82. The Labute approximate surface area is 93.1 Å². The molecule has 0 unspecified atom stereocenters. The van der Waals surface area contributed by atoms with Gasteiger partial charge in [-0.2, -0.15) is 0 Å². The molecule has 0 aliphatic heterocycles. The van der Waals surface area contributed by atoms with Gasteiger partial charge in [0.2, 0.25) is 0 Å². The molecule has 0 bridgehead atoms. The zero-order valence-electron chi connectivity index (χ0n) is 10.1. The van der Waals surface area contributed by atoms with Crippen molar-refractivity contribution in [2.24, 2.45) is 0 Å². The molecule has 1 saturated carbocycles. The molecule has 0 radical (unpaired) electrons. The van der Waals surface area contributed by atoms with Crippen LogP contribution in [0.1, 0.15) is 52.9 Å². The molecule has 0 atom stereocenters. The van der Waals surface area contributed by atoms with Crippen molar-refractivity contribution in [1.82, 2.24) is 0 Å². The summed E-state index contributed by atoms with van der Waals surface area (Å²) in [6.45, 7) is 6.86. The maximum absolute atomic E-state index is 12.6. The van der Waals surface area contributed by atoms with Crippen LogP contribution in [0.3, 0.4) is 0 Å². The summed E-state index contributed by atoms with van der Waals surface area (Å²) in [5.74, 6) is 0. The molecule has 0 heterocycles. The summed E-state index contributed by atoms with van der Waals surface area (Å²) in [6, 6.07) is 0. The van der Waals surface area contributed by atoms with Crippen molar-refractivity contribution in [3.8, 4) is 0 Å². The highest BCUT2D eigenvalue weighted by Crippen LogP contribution is 2.73. The quantitative estimate of drug-likeness (QED) is 0.596. The van der Waals surface area contributed by atoms with E-state index in [0.717, 1.165) is 32.1 Å². The molecule has 0 aromatic rings. The Bertz CT molecular complexity index is 226. The first kappa shape index (κ1) is 13.2. The number of rotatable bonds is 8. The molecule has 1 fully saturated rings. The minimum atomic E-state index is -2.84. The van der Waals surface area contributed by atoms with E-state index >= 15 is 0 Å². The second-order valence-electron chi connectivity index (χ2n) is 4.16. The second-order valence-corrected chi connectivity index (χ2v) is 6.62. The van der Waals surface area contributed by atoms with E-state index in [1.807, 2.05) is 13.8 Å². The zero-order chi connectivity index (χ0) is 11.4. The fraction of sp³-hybridized carbons (Fsp3) is 1.00. The standard InChI is InChI=1S/C11H23O3P/c1-4-7-8-11(9-10-11)15(12,13-5-2)14-6-3/h4-10H2,1-3H3. The monoisotopic (exact) mass is 234 g/mol. The van der Waals surface area contributed by atoms with Gasteiger partial charge in [-0.1, -0.05) is 19.8 Å². The van der Waals surface area contributed by atoms with Crippen LogP contribution in [0.5, 0.6) is 0 Å². The molecular weight excluding hydrogens is 211 g/mol. The van der Waals surface area contributed by atoms with E-state index in [2.05, 4.69) is 6.92 Å². The van der Waals surface area contributed by atoms with E-state index in [4.69, 9.17) is 9.05 Å². The Morgan fingerprint density at radius 1 is 1.13 bits per heavy atom. The Hall–Kier alpha value is 0.150. The van der Waals surface area contributed by atoms with Gasteiger partial charge in [0.1, 0.15) is 0 Å². The molecule has 1 rings (SSSR count). The highest BCUT2D eigenvalue weighted by molar-refractivity contribution is 7.56. The van der Waals surface area contributed by atoms with E-state index in [0.29, 0.717) is 13.2 Å². The van der Waals surface area contributed by atoms with Crippen molar-refractivity contribution in [1.29, 1.82) is 0 Å². The summed E-state index contributed by atoms with van der Waals surface area (Å²) in [5.41, 5.74) is 0. The Balaban J connectivity index is 2.66. The van der Waals surface area contributed by atoms with E-state index in [1.54, 1.807) is 0 Å². The molecule has 1 aliphatic rings. The first-order valence-electron chi connectivity index (χ1n) is 6.03. The van der Waals surface area contributed by atoms with Gasteiger partial charge in [0.25, 0.3) is 0 Å². The fourth-order valence-corrected chi connectivity index (χ4v) is 4.36. The fourth-order valence-electron chi connectivity index (χ4n) is 1.96. The van der Waals surface area contributed by atoms with E-state index < -0.39 is 7.60 Å². The SMILES string of the molecule is CCCCC1(P(=O)(OCC)OCC)CC1. The topological polar surface area (TPSA) is 35.5 Å². The molecule has 0 aromatic heterocycles. The van der Waals surface area contributed by atoms with Gasteiger partial charge in [0, 0.05) is 0 Å². The van der Waals surface area contributed by atoms with Crippen LogP contribution in [0.2, 0.25) is 0 Å². The van der Waals surface area contributed by atoms with E-state index in [9.17, 15) is 4.57 Å². The Morgan fingerprint density at radius 3 is 2.00 bits per heavy atom. The minimum absolute atomic E-state index is 0.130. The van der Waals surface area contributed by atoms with Crippen LogP contribution >= 0.6 is 7.60 Å². The van der Waals surface area contributed by atoms with Crippen LogP contribution in [0.15, 0.2) is 0 Å². The predicted octanol–water partition coefficient (Wildman–Crippen LogP) is 3.98. The summed E-state index contributed by atoms with van der Waals surface area (Å²) in [7, 11) is -2.84. The maximum Gasteiger partial charge on any atom is 0.336 e. The smallest absolute Gasteiger partial charge is 0.308 e. The summed E-state index contributed by atoms with van der Waals surface area (Å²) < 4.78 is 23.4. The Morgan fingerprint density at radius 2 is 1.67 bits per heavy atom. The summed E-state index contributed by atoms with van der Waals surface area (Å²) >= 11 is 0. The van der Waals surface area contributed by atoms with Crippen molar-refractivity contribution < 1.29 is 13.6 Å². The third kappa shape index (κ3) is 2.83. The zero-order valence-corrected chi connectivity index (χ0v) is 11.0. The summed E-state index contributed by atoms with van der Waals surface area (Å²) in [5, 5.41) is -0.130. The molecule has 0 saturated heterocycles. The largest absolute Gasteiger partial charge is 0.336 e. The van der Waals surface area contributed by atoms with Gasteiger partial charge in [-0.05, 0) is 33.1 Å². The average molecular weight is 234 g/mol. The predicted molar refractivity (Wildman–Crippen MR) is 62.3 cm³/mol. The second kappa shape index (κ2) is 5.47. The van der Waals surface area contributed by atoms with Crippen LogP contribution in [-0.2, 0) is 13.6 Å². The number of unbranched alkanes of at least 4 members (excludes halogenated alkanes) is 1. The van der Waals surface area contributed by atoms with E-state index in [1.165, 1.54) is 0 Å². The van der Waals surface area contributed by atoms with Gasteiger partial charge in [-0.15, -0.1) is 0 Å². The van der Waals surface area contributed by atoms with Crippen molar-refractivity contribution in [2.75, 3.05) is 13.2 Å². The summed E-state index contributed by atoms with van der Waals surface area (Å²) in [4.78, 5) is 0. The first-order chi connectivity index (χ1) is 7.14. The van der Waals surface area contributed by atoms with Gasteiger partial charge < -0.3 is 9.05 Å². The highest BCUT2D eigenvalue weighted by atomic mass is 31.2. The third-order valence-corrected chi connectivity index (χ3v) is 6.03. The lowest BCUT2D eigenvalue weighted by atomic mass is 10.2. The maximum atomic E-state index is 12.6. The molecule has 0 amide bonds. The molecule has 15 heavy (non-hydrogen) atoms. The lowest BCUT2D eigenvalue weighted by Crippen LogP contribution is -2.14. The normalized spacial score (nSPS) is 19.1. The molecular formula is C11H23O3P. The first-order valence-corrected chi connectivity index (χ1v) is 7.57. The molecule has 0 N–H and O–H groups in total. The van der Waals surface area contributed by atoms with Gasteiger partial charge in [0.15, 0.2) is 0 Å². The van der Waals surface area contributed by atoms with Crippen LogP contribution in [0.4, 0.5) is 0 Å². The number of hydrogen-bond donors (Lipinski definition) is 0. The molecule has 1 aliphatic carbocycles. The van der Waals surface area contributed by atoms with Gasteiger partial charge in [0.05, 0.1) is 18.4 Å². The van der Waals surface area contributed by atoms with Crippen LogP contribution in [0.25, 0.3) is 0 Å². The molecule has 4 heteroatoms. The molecule has 90 valence electrons. The van der Waals surface area contributed by atoms with E-state index in [-0.39, 0.29) is 5.16 Å². The average Bonchev–Trinajstić information content (AvgIpc) is 2.97. The lowest BCUT2D eigenvalue weighted by Gasteiger charge is -2.25. The molecule has 0 aromatic carbocycles. The van der Waals surface area contributed by atoms with Crippen molar-refractivity contribution in [3.63, 3.8) is 0 Å². The number of hydrogen-bond acceptors (Lipinski definition) is 3. The van der Waals surface area contributed by atoms with Crippen LogP contribution in [-0.4, -0.2) is 18.4 Å². The minimum Gasteiger partial charge on any atom is -0.308 e. The van der Waals surface area contributed by atoms with Crippen LogP contribution < -0.4 is 0 Å².